The van der Waals surface area contributed by atoms with Crippen molar-refractivity contribution in [1.82, 2.24) is 4.90 Å². The van der Waals surface area contributed by atoms with Crippen LogP contribution in [-0.2, 0) is 17.8 Å². The van der Waals surface area contributed by atoms with Crippen molar-refractivity contribution >= 4 is 12.0 Å². The second-order valence-corrected chi connectivity index (χ2v) is 5.31. The summed E-state index contributed by atoms with van der Waals surface area (Å²) in [4.78, 5) is 23.6. The number of aldehydes is 1. The van der Waals surface area contributed by atoms with Crippen LogP contribution in [0.15, 0.2) is 18.2 Å². The maximum atomic E-state index is 10.9. The van der Waals surface area contributed by atoms with E-state index in [-0.39, 0.29) is 16.5 Å². The Morgan fingerprint density at radius 3 is 2.60 bits per heavy atom. The van der Waals surface area contributed by atoms with Crippen LogP contribution in [0.25, 0.3) is 0 Å². The van der Waals surface area contributed by atoms with Crippen molar-refractivity contribution in [3.8, 4) is 0 Å². The third kappa shape index (κ3) is 3.42. The van der Waals surface area contributed by atoms with Crippen LogP contribution < -0.4 is 0 Å². The fourth-order valence-corrected chi connectivity index (χ4v) is 2.71. The number of hydrogen-bond donors (Lipinski definition) is 0. The average molecular weight is 276 g/mol. The molecule has 0 bridgehead atoms. The zero-order valence-corrected chi connectivity index (χ0v) is 11.7. The molecule has 5 nitrogen and oxygen atoms in total. The molecule has 108 valence electrons. The minimum absolute atomic E-state index is 0.153. The van der Waals surface area contributed by atoms with Crippen LogP contribution in [0.4, 0.5) is 5.69 Å². The molecular weight excluding hydrogens is 256 g/mol. The first-order valence-corrected chi connectivity index (χ1v) is 7.08. The summed E-state index contributed by atoms with van der Waals surface area (Å²) >= 11 is 0. The van der Waals surface area contributed by atoms with Gasteiger partial charge >= 0.3 is 0 Å². The highest BCUT2D eigenvalue weighted by atomic mass is 16.6. The lowest BCUT2D eigenvalue weighted by Gasteiger charge is -2.30. The van der Waals surface area contributed by atoms with Crippen molar-refractivity contribution in [1.29, 1.82) is 0 Å². The van der Waals surface area contributed by atoms with E-state index in [1.807, 2.05) is 6.07 Å². The maximum Gasteiger partial charge on any atom is 0.269 e. The zero-order valence-electron chi connectivity index (χ0n) is 11.7. The molecule has 0 aliphatic carbocycles. The third-order valence-electron chi connectivity index (χ3n) is 4.00. The number of piperidine rings is 1. The molecule has 1 saturated heterocycles. The summed E-state index contributed by atoms with van der Waals surface area (Å²) in [7, 11) is 0. The van der Waals surface area contributed by atoms with Gasteiger partial charge in [-0.2, -0.15) is 0 Å². The molecule has 0 unspecified atom stereocenters. The first-order valence-electron chi connectivity index (χ1n) is 7.08. The van der Waals surface area contributed by atoms with Crippen LogP contribution in [0.5, 0.6) is 0 Å². The molecule has 20 heavy (non-hydrogen) atoms. The van der Waals surface area contributed by atoms with Gasteiger partial charge in [0, 0.05) is 24.6 Å². The molecule has 1 aromatic carbocycles. The standard InChI is InChI=1S/C15H20N2O3/c1-2-13-3-4-15(17(19)20)9-14(13)10-16-7-5-12(11-18)6-8-16/h3-4,9,11-12H,2,5-8,10H2,1H3. The number of carbonyl (C=O) groups is 1. The third-order valence-corrected chi connectivity index (χ3v) is 4.00. The van der Waals surface area contributed by atoms with E-state index in [1.165, 1.54) is 0 Å². The van der Waals surface area contributed by atoms with Gasteiger partial charge in [-0.3, -0.25) is 15.0 Å². The molecule has 0 spiro atoms. The molecule has 0 amide bonds. The largest absolute Gasteiger partial charge is 0.303 e. The summed E-state index contributed by atoms with van der Waals surface area (Å²) in [5.41, 5.74) is 2.35. The van der Waals surface area contributed by atoms with Gasteiger partial charge in [0.2, 0.25) is 0 Å². The number of carbonyl (C=O) groups excluding carboxylic acids is 1. The smallest absolute Gasteiger partial charge is 0.269 e. The van der Waals surface area contributed by atoms with Crippen molar-refractivity contribution in [3.05, 3.63) is 39.4 Å². The minimum atomic E-state index is -0.346. The Hall–Kier alpha value is -1.75. The molecule has 1 aliphatic rings. The molecule has 0 N–H and O–H groups in total. The van der Waals surface area contributed by atoms with Gasteiger partial charge in [-0.25, -0.2) is 0 Å². The number of non-ortho nitro benzene ring substituents is 1. The van der Waals surface area contributed by atoms with Crippen molar-refractivity contribution in [2.75, 3.05) is 13.1 Å². The summed E-state index contributed by atoms with van der Waals surface area (Å²) in [6.07, 6.45) is 3.69. The van der Waals surface area contributed by atoms with Crippen LogP contribution in [0, 0.1) is 16.0 Å². The molecule has 1 aromatic rings. The fourth-order valence-electron chi connectivity index (χ4n) is 2.71. The predicted molar refractivity (Wildman–Crippen MR) is 76.5 cm³/mol. The molecule has 2 rings (SSSR count). The first kappa shape index (κ1) is 14.7. The van der Waals surface area contributed by atoms with E-state index >= 15 is 0 Å². The van der Waals surface area contributed by atoms with Gasteiger partial charge in [0.25, 0.3) is 5.69 Å². The lowest BCUT2D eigenvalue weighted by atomic mass is 9.97. The highest BCUT2D eigenvalue weighted by molar-refractivity contribution is 5.53. The monoisotopic (exact) mass is 276 g/mol. The van der Waals surface area contributed by atoms with Gasteiger partial charge < -0.3 is 4.79 Å². The minimum Gasteiger partial charge on any atom is -0.303 e. The molecule has 0 radical (unpaired) electrons. The molecular formula is C15H20N2O3. The number of nitro groups is 1. The van der Waals surface area contributed by atoms with E-state index in [2.05, 4.69) is 11.8 Å². The van der Waals surface area contributed by atoms with E-state index in [1.54, 1.807) is 12.1 Å². The topological polar surface area (TPSA) is 63.5 Å². The summed E-state index contributed by atoms with van der Waals surface area (Å²) in [6, 6.07) is 5.11. The summed E-state index contributed by atoms with van der Waals surface area (Å²) in [5.74, 6) is 0.182. The van der Waals surface area contributed by atoms with E-state index in [9.17, 15) is 14.9 Å². The number of likely N-dealkylation sites (tertiary alicyclic amines) is 1. The Kier molecular flexibility index (Phi) is 4.84. The summed E-state index contributed by atoms with van der Waals surface area (Å²) < 4.78 is 0. The Morgan fingerprint density at radius 2 is 2.05 bits per heavy atom. The van der Waals surface area contributed by atoms with Gasteiger partial charge in [0.15, 0.2) is 0 Å². The Balaban J connectivity index is 2.09. The van der Waals surface area contributed by atoms with E-state index in [0.29, 0.717) is 0 Å². The van der Waals surface area contributed by atoms with Gasteiger partial charge in [0.1, 0.15) is 6.29 Å². The molecule has 0 aromatic heterocycles. The SMILES string of the molecule is CCc1ccc([N+](=O)[O-])cc1CN1CCC(C=O)CC1. The zero-order chi connectivity index (χ0) is 14.5. The predicted octanol–water partition coefficient (Wildman–Crippen LogP) is 2.57. The second kappa shape index (κ2) is 6.61. The van der Waals surface area contributed by atoms with E-state index in [4.69, 9.17) is 0 Å². The molecule has 1 fully saturated rings. The quantitative estimate of drug-likeness (QED) is 0.471. The van der Waals surface area contributed by atoms with Crippen LogP contribution >= 0.6 is 0 Å². The number of nitrogens with zero attached hydrogens (tertiary/aromatic N) is 2. The number of hydrogen-bond acceptors (Lipinski definition) is 4. The number of rotatable bonds is 5. The highest BCUT2D eigenvalue weighted by Gasteiger charge is 2.20. The average Bonchev–Trinajstić information content (AvgIpc) is 2.48. The van der Waals surface area contributed by atoms with Gasteiger partial charge in [0.05, 0.1) is 4.92 Å². The van der Waals surface area contributed by atoms with Crippen LogP contribution in [0.2, 0.25) is 0 Å². The first-order chi connectivity index (χ1) is 9.63. The lowest BCUT2D eigenvalue weighted by molar-refractivity contribution is -0.384. The normalized spacial score (nSPS) is 17.1. The lowest BCUT2D eigenvalue weighted by Crippen LogP contribution is -2.33. The summed E-state index contributed by atoms with van der Waals surface area (Å²) in [5, 5.41) is 10.9. The number of aryl methyl sites for hydroxylation is 1. The molecule has 0 atom stereocenters. The Morgan fingerprint density at radius 1 is 1.35 bits per heavy atom. The molecule has 1 heterocycles. The molecule has 5 heteroatoms. The fraction of sp³-hybridized carbons (Fsp3) is 0.533. The van der Waals surface area contributed by atoms with Crippen LogP contribution in [-0.4, -0.2) is 29.2 Å². The van der Waals surface area contributed by atoms with Crippen LogP contribution in [0.1, 0.15) is 30.9 Å². The Labute approximate surface area is 118 Å². The van der Waals surface area contributed by atoms with Gasteiger partial charge in [-0.05, 0) is 43.5 Å². The maximum absolute atomic E-state index is 10.9. The van der Waals surface area contributed by atoms with E-state index < -0.39 is 0 Å². The van der Waals surface area contributed by atoms with Gasteiger partial charge in [-0.15, -0.1) is 0 Å². The molecule has 1 aliphatic heterocycles. The second-order valence-electron chi connectivity index (χ2n) is 5.31. The molecule has 0 saturated carbocycles. The van der Waals surface area contributed by atoms with Gasteiger partial charge in [-0.1, -0.05) is 13.0 Å². The Bertz CT molecular complexity index is 494. The number of nitro benzene ring substituents is 1. The van der Waals surface area contributed by atoms with Crippen molar-refractivity contribution < 1.29 is 9.72 Å². The number of benzene rings is 1. The van der Waals surface area contributed by atoms with E-state index in [0.717, 1.165) is 56.3 Å². The summed E-state index contributed by atoms with van der Waals surface area (Å²) in [6.45, 7) is 4.56. The highest BCUT2D eigenvalue weighted by Crippen LogP contribution is 2.22. The van der Waals surface area contributed by atoms with Crippen molar-refractivity contribution in [2.45, 2.75) is 32.7 Å². The van der Waals surface area contributed by atoms with Crippen LogP contribution in [0.3, 0.4) is 0 Å². The van der Waals surface area contributed by atoms with Crippen molar-refractivity contribution in [3.63, 3.8) is 0 Å². The van der Waals surface area contributed by atoms with Crippen molar-refractivity contribution in [2.24, 2.45) is 5.92 Å².